The van der Waals surface area contributed by atoms with Crippen molar-refractivity contribution in [1.82, 2.24) is 9.78 Å². The van der Waals surface area contributed by atoms with Crippen LogP contribution in [-0.4, -0.2) is 9.78 Å². The minimum absolute atomic E-state index is 0.261. The van der Waals surface area contributed by atoms with E-state index in [1.165, 1.54) is 12.1 Å². The van der Waals surface area contributed by atoms with Gasteiger partial charge < -0.3 is 5.73 Å². The Morgan fingerprint density at radius 1 is 1.16 bits per heavy atom. The van der Waals surface area contributed by atoms with Gasteiger partial charge in [-0.2, -0.15) is 16.4 Å². The first-order valence-electron chi connectivity index (χ1n) is 5.78. The van der Waals surface area contributed by atoms with Crippen LogP contribution in [0.2, 0.25) is 0 Å². The molecular weight excluding hydrogens is 261 g/mol. The van der Waals surface area contributed by atoms with Crippen molar-refractivity contribution < 1.29 is 4.39 Å². The maximum absolute atomic E-state index is 13.0. The molecule has 0 unspecified atom stereocenters. The number of rotatable bonds is 2. The zero-order chi connectivity index (χ0) is 13.4. The van der Waals surface area contributed by atoms with E-state index in [1.54, 1.807) is 35.2 Å². The lowest BCUT2D eigenvalue weighted by molar-refractivity contribution is 0.628. The monoisotopic (exact) mass is 273 g/mol. The number of nitrogens with two attached hydrogens (primary N) is 1. The molecule has 0 amide bonds. The summed E-state index contributed by atoms with van der Waals surface area (Å²) in [5.74, 6) is 0.316. The van der Waals surface area contributed by atoms with Crippen LogP contribution in [0.4, 0.5) is 10.2 Å². The Morgan fingerprint density at radius 2 is 1.89 bits per heavy atom. The number of nitrogens with zero attached hydrogens (tertiary/aromatic N) is 2. The third kappa shape index (κ3) is 2.02. The molecule has 2 N–H and O–H groups in total. The second-order valence-corrected chi connectivity index (χ2v) is 5.03. The Morgan fingerprint density at radius 3 is 2.53 bits per heavy atom. The van der Waals surface area contributed by atoms with Crippen molar-refractivity contribution in [3.8, 4) is 22.4 Å². The Kier molecular flexibility index (Phi) is 2.83. The van der Waals surface area contributed by atoms with Gasteiger partial charge >= 0.3 is 0 Å². The number of aryl methyl sites for hydroxylation is 1. The Balaban J connectivity index is 2.22. The molecule has 2 aromatic heterocycles. The van der Waals surface area contributed by atoms with Crippen LogP contribution in [0, 0.1) is 5.82 Å². The molecule has 0 aliphatic heterocycles. The van der Waals surface area contributed by atoms with Gasteiger partial charge in [-0.3, -0.25) is 4.68 Å². The van der Waals surface area contributed by atoms with Crippen molar-refractivity contribution in [1.29, 1.82) is 0 Å². The van der Waals surface area contributed by atoms with Crippen molar-refractivity contribution in [2.75, 3.05) is 5.73 Å². The summed E-state index contributed by atoms with van der Waals surface area (Å²) >= 11 is 1.61. The second kappa shape index (κ2) is 4.51. The smallest absolute Gasteiger partial charge is 0.129 e. The van der Waals surface area contributed by atoms with E-state index in [2.05, 4.69) is 5.10 Å². The molecule has 0 bridgehead atoms. The van der Waals surface area contributed by atoms with E-state index < -0.39 is 0 Å². The first kappa shape index (κ1) is 11.9. The van der Waals surface area contributed by atoms with Crippen LogP contribution in [0.25, 0.3) is 22.4 Å². The maximum atomic E-state index is 13.0. The van der Waals surface area contributed by atoms with Gasteiger partial charge in [0.2, 0.25) is 0 Å². The van der Waals surface area contributed by atoms with Gasteiger partial charge in [0, 0.05) is 18.0 Å². The highest BCUT2D eigenvalue weighted by atomic mass is 32.1. The fourth-order valence-electron chi connectivity index (χ4n) is 2.04. The van der Waals surface area contributed by atoms with E-state index in [4.69, 9.17) is 5.73 Å². The highest BCUT2D eigenvalue weighted by Gasteiger charge is 2.17. The zero-order valence-electron chi connectivity index (χ0n) is 10.3. The molecule has 0 aliphatic carbocycles. The summed E-state index contributed by atoms with van der Waals surface area (Å²) in [7, 11) is 1.80. The highest BCUT2D eigenvalue weighted by molar-refractivity contribution is 7.08. The molecule has 3 nitrogen and oxygen atoms in total. The van der Waals surface area contributed by atoms with Crippen LogP contribution < -0.4 is 5.73 Å². The minimum atomic E-state index is -0.261. The lowest BCUT2D eigenvalue weighted by Crippen LogP contribution is -1.97. The lowest BCUT2D eigenvalue weighted by atomic mass is 10.0. The number of hydrogen-bond donors (Lipinski definition) is 1. The molecule has 0 saturated heterocycles. The molecular formula is C14H12FN3S. The molecule has 0 spiro atoms. The van der Waals surface area contributed by atoms with E-state index in [9.17, 15) is 4.39 Å². The first-order valence-corrected chi connectivity index (χ1v) is 6.72. The summed E-state index contributed by atoms with van der Waals surface area (Å²) in [6.45, 7) is 0. The molecule has 19 heavy (non-hydrogen) atoms. The van der Waals surface area contributed by atoms with E-state index in [0.29, 0.717) is 5.82 Å². The first-order chi connectivity index (χ1) is 9.16. The Bertz CT molecular complexity index is 699. The number of benzene rings is 1. The van der Waals surface area contributed by atoms with Crippen molar-refractivity contribution in [3.05, 3.63) is 46.9 Å². The number of halogens is 1. The SMILES string of the molecule is Cn1nc(-c2ccsc2)c(-c2ccc(F)cc2)c1N. The predicted molar refractivity (Wildman–Crippen MR) is 76.3 cm³/mol. The third-order valence-electron chi connectivity index (χ3n) is 3.02. The van der Waals surface area contributed by atoms with Gasteiger partial charge in [0.25, 0.3) is 0 Å². The lowest BCUT2D eigenvalue weighted by Gasteiger charge is -2.03. The third-order valence-corrected chi connectivity index (χ3v) is 3.70. The predicted octanol–water partition coefficient (Wildman–Crippen LogP) is 3.54. The van der Waals surface area contributed by atoms with Crippen LogP contribution >= 0.6 is 11.3 Å². The summed E-state index contributed by atoms with van der Waals surface area (Å²) in [6.07, 6.45) is 0. The van der Waals surface area contributed by atoms with Crippen LogP contribution in [0.15, 0.2) is 41.1 Å². The van der Waals surface area contributed by atoms with Gasteiger partial charge in [-0.15, -0.1) is 0 Å². The van der Waals surface area contributed by atoms with Gasteiger partial charge in [-0.05, 0) is 29.1 Å². The van der Waals surface area contributed by atoms with E-state index in [-0.39, 0.29) is 5.82 Å². The molecule has 3 aromatic rings. The largest absolute Gasteiger partial charge is 0.383 e. The molecule has 5 heteroatoms. The van der Waals surface area contributed by atoms with E-state index >= 15 is 0 Å². The Labute approximate surface area is 114 Å². The molecule has 0 radical (unpaired) electrons. The summed E-state index contributed by atoms with van der Waals surface area (Å²) in [5.41, 5.74) is 9.66. The fourth-order valence-corrected chi connectivity index (χ4v) is 2.68. The van der Waals surface area contributed by atoms with Crippen molar-refractivity contribution >= 4 is 17.2 Å². The van der Waals surface area contributed by atoms with Crippen molar-refractivity contribution in [2.24, 2.45) is 7.05 Å². The van der Waals surface area contributed by atoms with Gasteiger partial charge in [0.15, 0.2) is 0 Å². The summed E-state index contributed by atoms with van der Waals surface area (Å²) in [5, 5.41) is 8.47. The minimum Gasteiger partial charge on any atom is -0.383 e. The average molecular weight is 273 g/mol. The van der Waals surface area contributed by atoms with Crippen LogP contribution in [0.3, 0.4) is 0 Å². The van der Waals surface area contributed by atoms with E-state index in [0.717, 1.165) is 22.4 Å². The maximum Gasteiger partial charge on any atom is 0.129 e. The van der Waals surface area contributed by atoms with Crippen LogP contribution in [-0.2, 0) is 7.05 Å². The van der Waals surface area contributed by atoms with Gasteiger partial charge in [-0.1, -0.05) is 12.1 Å². The van der Waals surface area contributed by atoms with E-state index in [1.807, 2.05) is 16.8 Å². The van der Waals surface area contributed by atoms with Crippen LogP contribution in [0.1, 0.15) is 0 Å². The molecule has 1 aromatic carbocycles. The van der Waals surface area contributed by atoms with Gasteiger partial charge in [0.1, 0.15) is 17.3 Å². The summed E-state index contributed by atoms with van der Waals surface area (Å²) in [6, 6.07) is 8.30. The Hall–Kier alpha value is -2.14. The quantitative estimate of drug-likeness (QED) is 0.776. The number of hydrogen-bond acceptors (Lipinski definition) is 3. The topological polar surface area (TPSA) is 43.8 Å². The second-order valence-electron chi connectivity index (χ2n) is 4.25. The normalized spacial score (nSPS) is 10.8. The van der Waals surface area contributed by atoms with Gasteiger partial charge in [-0.25, -0.2) is 4.39 Å². The number of aromatic nitrogens is 2. The van der Waals surface area contributed by atoms with Gasteiger partial charge in [0.05, 0.1) is 5.56 Å². The number of nitrogen functional groups attached to an aromatic ring is 1. The molecule has 3 rings (SSSR count). The molecule has 0 fully saturated rings. The highest BCUT2D eigenvalue weighted by Crippen LogP contribution is 2.36. The van der Waals surface area contributed by atoms with Crippen molar-refractivity contribution in [2.45, 2.75) is 0 Å². The number of thiophene rings is 1. The zero-order valence-corrected chi connectivity index (χ0v) is 11.1. The number of anilines is 1. The molecule has 0 aliphatic rings. The standard InChI is InChI=1S/C14H12FN3S/c1-18-14(16)12(9-2-4-11(15)5-3-9)13(17-18)10-6-7-19-8-10/h2-8H,16H2,1H3. The molecule has 0 saturated carbocycles. The molecule has 2 heterocycles. The fraction of sp³-hybridized carbons (Fsp3) is 0.0714. The van der Waals surface area contributed by atoms with Crippen molar-refractivity contribution in [3.63, 3.8) is 0 Å². The molecule has 96 valence electrons. The summed E-state index contributed by atoms with van der Waals surface area (Å²) < 4.78 is 14.7. The average Bonchev–Trinajstić information content (AvgIpc) is 3.01. The van der Waals surface area contributed by atoms with Crippen LogP contribution in [0.5, 0.6) is 0 Å². The summed E-state index contributed by atoms with van der Waals surface area (Å²) in [4.78, 5) is 0. The molecule has 0 atom stereocenters.